The monoisotopic (exact) mass is 304 g/mol. The molecule has 0 unspecified atom stereocenters. The number of hydrogen-bond donors (Lipinski definition) is 1. The van der Waals surface area contributed by atoms with Gasteiger partial charge in [-0.05, 0) is 24.7 Å². The van der Waals surface area contributed by atoms with Crippen molar-refractivity contribution in [3.8, 4) is 0 Å². The number of aromatic nitrogens is 2. The SMILES string of the molecule is CC(C)Cn1cc(N2C[C@@H](C(=O)NCC3CC3)CC2=O)cn1. The van der Waals surface area contributed by atoms with Gasteiger partial charge in [-0.2, -0.15) is 5.10 Å². The Bertz CT molecular complexity index is 562. The molecule has 6 heteroatoms. The molecule has 1 saturated carbocycles. The Hall–Kier alpha value is -1.85. The molecule has 0 aromatic carbocycles. The van der Waals surface area contributed by atoms with Gasteiger partial charge in [0.2, 0.25) is 11.8 Å². The molecule has 1 aliphatic heterocycles. The van der Waals surface area contributed by atoms with Gasteiger partial charge in [0, 0.05) is 32.3 Å². The van der Waals surface area contributed by atoms with Gasteiger partial charge in [0.15, 0.2) is 0 Å². The maximum atomic E-state index is 12.2. The van der Waals surface area contributed by atoms with Crippen molar-refractivity contribution >= 4 is 17.5 Å². The van der Waals surface area contributed by atoms with Crippen LogP contribution in [0, 0.1) is 17.8 Å². The van der Waals surface area contributed by atoms with Crippen molar-refractivity contribution in [1.82, 2.24) is 15.1 Å². The topological polar surface area (TPSA) is 67.2 Å². The van der Waals surface area contributed by atoms with Crippen LogP contribution in [0.5, 0.6) is 0 Å². The van der Waals surface area contributed by atoms with Crippen molar-refractivity contribution in [2.24, 2.45) is 17.8 Å². The Morgan fingerprint density at radius 3 is 2.91 bits per heavy atom. The largest absolute Gasteiger partial charge is 0.356 e. The van der Waals surface area contributed by atoms with Crippen LogP contribution in [-0.2, 0) is 16.1 Å². The highest BCUT2D eigenvalue weighted by Gasteiger charge is 2.36. The Kier molecular flexibility index (Phi) is 4.18. The molecule has 3 rings (SSSR count). The molecule has 1 aromatic rings. The Labute approximate surface area is 130 Å². The number of carbonyl (C=O) groups is 2. The van der Waals surface area contributed by atoms with E-state index in [1.807, 2.05) is 10.9 Å². The van der Waals surface area contributed by atoms with Crippen LogP contribution in [0.25, 0.3) is 0 Å². The molecule has 1 saturated heterocycles. The summed E-state index contributed by atoms with van der Waals surface area (Å²) in [4.78, 5) is 26.0. The number of nitrogens with zero attached hydrogens (tertiary/aromatic N) is 3. The fourth-order valence-corrected chi connectivity index (χ4v) is 2.81. The van der Waals surface area contributed by atoms with Gasteiger partial charge in [-0.25, -0.2) is 0 Å². The van der Waals surface area contributed by atoms with Gasteiger partial charge in [-0.1, -0.05) is 13.8 Å². The first-order valence-electron chi connectivity index (χ1n) is 8.13. The predicted octanol–water partition coefficient (Wildman–Crippen LogP) is 1.42. The predicted molar refractivity (Wildman–Crippen MR) is 83.3 cm³/mol. The minimum Gasteiger partial charge on any atom is -0.356 e. The molecule has 0 bridgehead atoms. The summed E-state index contributed by atoms with van der Waals surface area (Å²) < 4.78 is 1.85. The lowest BCUT2D eigenvalue weighted by molar-refractivity contribution is -0.126. The summed E-state index contributed by atoms with van der Waals surface area (Å²) in [5.74, 6) is 0.946. The van der Waals surface area contributed by atoms with E-state index in [9.17, 15) is 9.59 Å². The summed E-state index contributed by atoms with van der Waals surface area (Å²) in [6, 6.07) is 0. The molecule has 1 aromatic heterocycles. The molecule has 2 amide bonds. The average Bonchev–Trinajstić information content (AvgIpc) is 3.05. The number of hydrogen-bond acceptors (Lipinski definition) is 3. The zero-order valence-corrected chi connectivity index (χ0v) is 13.3. The van der Waals surface area contributed by atoms with Crippen molar-refractivity contribution < 1.29 is 9.59 Å². The fraction of sp³-hybridized carbons (Fsp3) is 0.688. The zero-order chi connectivity index (χ0) is 15.7. The standard InChI is InChI=1S/C16H24N4O2/c1-11(2)8-19-10-14(7-18-19)20-9-13(5-15(20)21)16(22)17-6-12-3-4-12/h7,10-13H,3-6,8-9H2,1-2H3,(H,17,22)/t13-/m0/s1. The highest BCUT2D eigenvalue weighted by atomic mass is 16.2. The van der Waals surface area contributed by atoms with E-state index < -0.39 is 0 Å². The highest BCUT2D eigenvalue weighted by Crippen LogP contribution is 2.28. The van der Waals surface area contributed by atoms with E-state index in [-0.39, 0.29) is 17.7 Å². The van der Waals surface area contributed by atoms with E-state index in [2.05, 4.69) is 24.3 Å². The lowest BCUT2D eigenvalue weighted by atomic mass is 10.1. The van der Waals surface area contributed by atoms with Gasteiger partial charge in [-0.15, -0.1) is 0 Å². The molecule has 2 heterocycles. The van der Waals surface area contributed by atoms with Crippen LogP contribution in [0.1, 0.15) is 33.1 Å². The van der Waals surface area contributed by atoms with Gasteiger partial charge >= 0.3 is 0 Å². The van der Waals surface area contributed by atoms with Crippen LogP contribution in [0.15, 0.2) is 12.4 Å². The van der Waals surface area contributed by atoms with Crippen LogP contribution in [0.3, 0.4) is 0 Å². The van der Waals surface area contributed by atoms with Crippen LogP contribution in [0.4, 0.5) is 5.69 Å². The first kappa shape index (κ1) is 15.1. The van der Waals surface area contributed by atoms with Crippen molar-refractivity contribution in [2.75, 3.05) is 18.0 Å². The second kappa shape index (κ2) is 6.10. The smallest absolute Gasteiger partial charge is 0.227 e. The molecule has 6 nitrogen and oxygen atoms in total. The maximum absolute atomic E-state index is 12.2. The minimum absolute atomic E-state index is 0.00988. The third-order valence-electron chi connectivity index (χ3n) is 4.24. The van der Waals surface area contributed by atoms with Gasteiger partial charge in [0.25, 0.3) is 0 Å². The zero-order valence-electron chi connectivity index (χ0n) is 13.3. The molecule has 1 aliphatic carbocycles. The second-order valence-corrected chi connectivity index (χ2v) is 6.91. The summed E-state index contributed by atoms with van der Waals surface area (Å²) in [5.41, 5.74) is 0.795. The molecular weight excluding hydrogens is 280 g/mol. The number of amides is 2. The number of carbonyl (C=O) groups excluding carboxylic acids is 2. The average molecular weight is 304 g/mol. The van der Waals surface area contributed by atoms with Gasteiger partial charge in [-0.3, -0.25) is 14.3 Å². The van der Waals surface area contributed by atoms with E-state index in [1.165, 1.54) is 12.8 Å². The molecule has 120 valence electrons. The Balaban J connectivity index is 1.58. The first-order valence-corrected chi connectivity index (χ1v) is 8.13. The molecule has 0 radical (unpaired) electrons. The van der Waals surface area contributed by atoms with Crippen molar-refractivity contribution in [3.63, 3.8) is 0 Å². The van der Waals surface area contributed by atoms with E-state index in [0.29, 0.717) is 24.8 Å². The van der Waals surface area contributed by atoms with Gasteiger partial charge in [0.1, 0.15) is 0 Å². The van der Waals surface area contributed by atoms with E-state index in [1.54, 1.807) is 11.1 Å². The van der Waals surface area contributed by atoms with Crippen LogP contribution in [0.2, 0.25) is 0 Å². The Morgan fingerprint density at radius 2 is 2.23 bits per heavy atom. The van der Waals surface area contributed by atoms with E-state index in [0.717, 1.165) is 18.8 Å². The van der Waals surface area contributed by atoms with Crippen LogP contribution in [-0.4, -0.2) is 34.7 Å². The molecule has 2 fully saturated rings. The summed E-state index contributed by atoms with van der Waals surface area (Å²) in [5, 5.41) is 7.27. The fourth-order valence-electron chi connectivity index (χ4n) is 2.81. The quantitative estimate of drug-likeness (QED) is 0.864. The third kappa shape index (κ3) is 3.48. The molecule has 2 aliphatic rings. The van der Waals surface area contributed by atoms with Crippen molar-refractivity contribution in [3.05, 3.63) is 12.4 Å². The Morgan fingerprint density at radius 1 is 1.45 bits per heavy atom. The van der Waals surface area contributed by atoms with Gasteiger partial charge in [0.05, 0.1) is 17.8 Å². The normalized spacial score (nSPS) is 21.7. The second-order valence-electron chi connectivity index (χ2n) is 6.91. The molecule has 22 heavy (non-hydrogen) atoms. The van der Waals surface area contributed by atoms with Crippen molar-refractivity contribution in [1.29, 1.82) is 0 Å². The van der Waals surface area contributed by atoms with Crippen LogP contribution >= 0.6 is 0 Å². The lowest BCUT2D eigenvalue weighted by Gasteiger charge is -2.14. The van der Waals surface area contributed by atoms with E-state index >= 15 is 0 Å². The summed E-state index contributed by atoms with van der Waals surface area (Å²) in [6.45, 7) is 6.30. The third-order valence-corrected chi connectivity index (χ3v) is 4.24. The highest BCUT2D eigenvalue weighted by molar-refractivity contribution is 6.00. The molecular formula is C16H24N4O2. The summed E-state index contributed by atoms with van der Waals surface area (Å²) in [6.07, 6.45) is 6.33. The summed E-state index contributed by atoms with van der Waals surface area (Å²) in [7, 11) is 0. The summed E-state index contributed by atoms with van der Waals surface area (Å²) >= 11 is 0. The number of rotatable bonds is 6. The number of nitrogens with one attached hydrogen (secondary N) is 1. The molecule has 1 atom stereocenters. The van der Waals surface area contributed by atoms with Gasteiger partial charge < -0.3 is 10.2 Å². The maximum Gasteiger partial charge on any atom is 0.227 e. The molecule has 1 N–H and O–H groups in total. The first-order chi connectivity index (χ1) is 10.5. The lowest BCUT2D eigenvalue weighted by Crippen LogP contribution is -2.34. The van der Waals surface area contributed by atoms with Crippen molar-refractivity contribution in [2.45, 2.75) is 39.7 Å². The van der Waals surface area contributed by atoms with Crippen LogP contribution < -0.4 is 10.2 Å². The van der Waals surface area contributed by atoms with E-state index in [4.69, 9.17) is 0 Å². The molecule has 0 spiro atoms. The number of anilines is 1. The minimum atomic E-state index is -0.236.